The molecule has 1 aliphatic rings. The molecule has 0 aliphatic carbocycles. The van der Waals surface area contributed by atoms with E-state index in [9.17, 15) is 4.79 Å². The zero-order chi connectivity index (χ0) is 15.1. The number of methoxy groups -OCH3 is 1. The van der Waals surface area contributed by atoms with E-state index in [0.717, 1.165) is 30.9 Å². The van der Waals surface area contributed by atoms with Crippen molar-refractivity contribution >= 4 is 5.91 Å². The largest absolute Gasteiger partial charge is 0.491 e. The standard InChI is InChI=1S/C16H24N2O3/c1-13-12-18(7-6-17-13)16(19)11-14-4-3-5-15(10-14)21-9-8-20-2/h3-5,10,13,17H,6-9,11-12H2,1-2H3/t13-/m1/s1. The molecule has 1 fully saturated rings. The third-order valence-electron chi connectivity index (χ3n) is 3.53. The molecule has 21 heavy (non-hydrogen) atoms. The predicted octanol–water partition coefficient (Wildman–Crippen LogP) is 1.07. The number of rotatable bonds is 6. The molecule has 0 unspecified atom stereocenters. The zero-order valence-electron chi connectivity index (χ0n) is 12.8. The second-order valence-corrected chi connectivity index (χ2v) is 5.36. The Kier molecular flexibility index (Phi) is 6.02. The number of benzene rings is 1. The molecule has 1 heterocycles. The third-order valence-corrected chi connectivity index (χ3v) is 3.53. The molecule has 2 rings (SSSR count). The fourth-order valence-electron chi connectivity index (χ4n) is 2.43. The molecule has 0 bridgehead atoms. The summed E-state index contributed by atoms with van der Waals surface area (Å²) in [6.45, 7) is 5.61. The van der Waals surface area contributed by atoms with Crippen LogP contribution in [0.2, 0.25) is 0 Å². The number of carbonyl (C=O) groups is 1. The smallest absolute Gasteiger partial charge is 0.227 e. The Morgan fingerprint density at radius 3 is 3.05 bits per heavy atom. The van der Waals surface area contributed by atoms with E-state index < -0.39 is 0 Å². The van der Waals surface area contributed by atoms with E-state index in [2.05, 4.69) is 12.2 Å². The first-order valence-electron chi connectivity index (χ1n) is 7.41. The topological polar surface area (TPSA) is 50.8 Å². The van der Waals surface area contributed by atoms with E-state index >= 15 is 0 Å². The van der Waals surface area contributed by atoms with Gasteiger partial charge >= 0.3 is 0 Å². The molecule has 5 nitrogen and oxygen atoms in total. The molecular weight excluding hydrogens is 268 g/mol. The molecule has 0 saturated carbocycles. The molecule has 1 N–H and O–H groups in total. The summed E-state index contributed by atoms with van der Waals surface area (Å²) in [5, 5.41) is 3.34. The number of amides is 1. The average molecular weight is 292 g/mol. The van der Waals surface area contributed by atoms with Crippen LogP contribution in [-0.2, 0) is 16.0 Å². The van der Waals surface area contributed by atoms with Crippen molar-refractivity contribution < 1.29 is 14.3 Å². The van der Waals surface area contributed by atoms with Gasteiger partial charge in [-0.3, -0.25) is 4.79 Å². The van der Waals surface area contributed by atoms with Crippen molar-refractivity contribution in [2.45, 2.75) is 19.4 Å². The predicted molar refractivity (Wildman–Crippen MR) is 81.6 cm³/mol. The van der Waals surface area contributed by atoms with Crippen LogP contribution in [0.4, 0.5) is 0 Å². The Bertz CT molecular complexity index is 465. The lowest BCUT2D eigenvalue weighted by molar-refractivity contribution is -0.131. The molecule has 0 radical (unpaired) electrons. The number of piperazine rings is 1. The summed E-state index contributed by atoms with van der Waals surface area (Å²) in [5.41, 5.74) is 0.987. The van der Waals surface area contributed by atoms with Gasteiger partial charge in [-0.2, -0.15) is 0 Å². The molecule has 1 amide bonds. The molecule has 1 aromatic rings. The number of hydrogen-bond donors (Lipinski definition) is 1. The van der Waals surface area contributed by atoms with Crippen LogP contribution in [0.25, 0.3) is 0 Å². The lowest BCUT2D eigenvalue weighted by Gasteiger charge is -2.32. The highest BCUT2D eigenvalue weighted by molar-refractivity contribution is 5.79. The third kappa shape index (κ3) is 5.02. The Morgan fingerprint density at radius 2 is 2.29 bits per heavy atom. The minimum Gasteiger partial charge on any atom is -0.491 e. The maximum absolute atomic E-state index is 12.3. The van der Waals surface area contributed by atoms with Gasteiger partial charge in [0, 0.05) is 32.8 Å². The first-order valence-corrected chi connectivity index (χ1v) is 7.41. The van der Waals surface area contributed by atoms with Gasteiger partial charge in [0.25, 0.3) is 0 Å². The van der Waals surface area contributed by atoms with Crippen LogP contribution in [0.1, 0.15) is 12.5 Å². The van der Waals surface area contributed by atoms with E-state index in [-0.39, 0.29) is 5.91 Å². The van der Waals surface area contributed by atoms with E-state index in [4.69, 9.17) is 9.47 Å². The van der Waals surface area contributed by atoms with Crippen molar-refractivity contribution in [1.82, 2.24) is 10.2 Å². The van der Waals surface area contributed by atoms with Crippen molar-refractivity contribution in [2.75, 3.05) is 40.0 Å². The summed E-state index contributed by atoms with van der Waals surface area (Å²) in [5.74, 6) is 0.962. The van der Waals surface area contributed by atoms with E-state index in [0.29, 0.717) is 25.7 Å². The number of nitrogens with one attached hydrogen (secondary N) is 1. The lowest BCUT2D eigenvalue weighted by atomic mass is 10.1. The summed E-state index contributed by atoms with van der Waals surface area (Å²) in [4.78, 5) is 14.3. The molecule has 116 valence electrons. The van der Waals surface area contributed by atoms with Gasteiger partial charge in [0.05, 0.1) is 13.0 Å². The van der Waals surface area contributed by atoms with Crippen LogP contribution >= 0.6 is 0 Å². The first-order chi connectivity index (χ1) is 10.2. The monoisotopic (exact) mass is 292 g/mol. The SMILES string of the molecule is COCCOc1cccc(CC(=O)N2CCN[C@H](C)C2)c1. The number of ether oxygens (including phenoxy) is 2. The van der Waals surface area contributed by atoms with Crippen molar-refractivity contribution in [3.63, 3.8) is 0 Å². The van der Waals surface area contributed by atoms with Crippen LogP contribution in [0, 0.1) is 0 Å². The normalized spacial score (nSPS) is 18.6. The molecule has 0 spiro atoms. The Labute approximate surface area is 126 Å². The maximum Gasteiger partial charge on any atom is 0.227 e. The van der Waals surface area contributed by atoms with Crippen molar-refractivity contribution in [3.05, 3.63) is 29.8 Å². The van der Waals surface area contributed by atoms with E-state index in [1.54, 1.807) is 7.11 Å². The minimum absolute atomic E-state index is 0.178. The van der Waals surface area contributed by atoms with Gasteiger partial charge in [0.1, 0.15) is 12.4 Å². The highest BCUT2D eigenvalue weighted by Crippen LogP contribution is 2.15. The van der Waals surface area contributed by atoms with Crippen molar-refractivity contribution in [1.29, 1.82) is 0 Å². The van der Waals surface area contributed by atoms with Gasteiger partial charge in [-0.1, -0.05) is 12.1 Å². The second kappa shape index (κ2) is 8.00. The summed E-state index contributed by atoms with van der Waals surface area (Å²) < 4.78 is 10.5. The average Bonchev–Trinajstić information content (AvgIpc) is 2.48. The number of nitrogens with zero attached hydrogens (tertiary/aromatic N) is 1. The highest BCUT2D eigenvalue weighted by Gasteiger charge is 2.20. The second-order valence-electron chi connectivity index (χ2n) is 5.36. The summed E-state index contributed by atoms with van der Waals surface area (Å²) >= 11 is 0. The zero-order valence-corrected chi connectivity index (χ0v) is 12.8. The van der Waals surface area contributed by atoms with Gasteiger partial charge in [-0.25, -0.2) is 0 Å². The first kappa shape index (κ1) is 15.8. The fraction of sp³-hybridized carbons (Fsp3) is 0.562. The van der Waals surface area contributed by atoms with Gasteiger partial charge in [0.2, 0.25) is 5.91 Å². The quantitative estimate of drug-likeness (QED) is 0.797. The fourth-order valence-corrected chi connectivity index (χ4v) is 2.43. The van der Waals surface area contributed by atoms with Gasteiger partial charge in [0.15, 0.2) is 0 Å². The molecule has 1 aromatic carbocycles. The van der Waals surface area contributed by atoms with Crippen molar-refractivity contribution in [2.24, 2.45) is 0 Å². The van der Waals surface area contributed by atoms with Crippen LogP contribution < -0.4 is 10.1 Å². The molecule has 1 aliphatic heterocycles. The Balaban J connectivity index is 1.89. The van der Waals surface area contributed by atoms with Crippen molar-refractivity contribution in [3.8, 4) is 5.75 Å². The molecular formula is C16H24N2O3. The molecule has 1 saturated heterocycles. The van der Waals surface area contributed by atoms with Gasteiger partial charge < -0.3 is 19.7 Å². The number of hydrogen-bond acceptors (Lipinski definition) is 4. The van der Waals surface area contributed by atoms with E-state index in [1.165, 1.54) is 0 Å². The van der Waals surface area contributed by atoms with Crippen LogP contribution in [0.15, 0.2) is 24.3 Å². The lowest BCUT2D eigenvalue weighted by Crippen LogP contribution is -2.51. The van der Waals surface area contributed by atoms with Gasteiger partial charge in [-0.15, -0.1) is 0 Å². The summed E-state index contributed by atoms with van der Waals surface area (Å²) in [7, 11) is 1.65. The van der Waals surface area contributed by atoms with E-state index in [1.807, 2.05) is 29.2 Å². The van der Waals surface area contributed by atoms with Crippen LogP contribution in [0.3, 0.4) is 0 Å². The Hall–Kier alpha value is -1.59. The molecule has 1 atom stereocenters. The minimum atomic E-state index is 0.178. The summed E-state index contributed by atoms with van der Waals surface area (Å²) in [6, 6.07) is 8.08. The van der Waals surface area contributed by atoms with Gasteiger partial charge in [-0.05, 0) is 24.6 Å². The Morgan fingerprint density at radius 1 is 1.43 bits per heavy atom. The van der Waals surface area contributed by atoms with Crippen LogP contribution in [0.5, 0.6) is 5.75 Å². The summed E-state index contributed by atoms with van der Waals surface area (Å²) in [6.07, 6.45) is 0.425. The maximum atomic E-state index is 12.3. The molecule has 5 heteroatoms. The highest BCUT2D eigenvalue weighted by atomic mass is 16.5. The molecule has 0 aromatic heterocycles. The number of carbonyl (C=O) groups excluding carboxylic acids is 1. The van der Waals surface area contributed by atoms with Crippen LogP contribution in [-0.4, -0.2) is 56.8 Å².